The van der Waals surface area contributed by atoms with Crippen molar-refractivity contribution in [3.05, 3.63) is 61.1 Å². The molecule has 1 aliphatic rings. The number of rotatable bonds is 9. The van der Waals surface area contributed by atoms with Crippen molar-refractivity contribution in [3.8, 4) is 0 Å². The third-order valence-electron chi connectivity index (χ3n) is 5.00. The fourth-order valence-electron chi connectivity index (χ4n) is 2.72. The highest BCUT2D eigenvalue weighted by molar-refractivity contribution is 5.28. The number of nitrogens with one attached hydrogen (secondary N) is 1. The molecule has 1 rings (SSSR count). The van der Waals surface area contributed by atoms with Crippen LogP contribution in [0.5, 0.6) is 0 Å². The zero-order valence-electron chi connectivity index (χ0n) is 15.7. The minimum absolute atomic E-state index is 0.284. The first-order chi connectivity index (χ1) is 10.7. The molecule has 0 heterocycles. The van der Waals surface area contributed by atoms with Crippen molar-refractivity contribution in [2.24, 2.45) is 17.3 Å². The lowest BCUT2D eigenvalue weighted by Crippen LogP contribution is -2.29. The van der Waals surface area contributed by atoms with Gasteiger partial charge in [0.15, 0.2) is 0 Å². The van der Waals surface area contributed by atoms with Gasteiger partial charge in [-0.1, -0.05) is 59.1 Å². The molecule has 0 spiro atoms. The van der Waals surface area contributed by atoms with Crippen molar-refractivity contribution in [2.75, 3.05) is 13.6 Å². The minimum Gasteiger partial charge on any atom is -0.383 e. The van der Waals surface area contributed by atoms with Crippen LogP contribution in [0.15, 0.2) is 61.1 Å². The van der Waals surface area contributed by atoms with Gasteiger partial charge in [0, 0.05) is 30.1 Å². The highest BCUT2D eigenvalue weighted by atomic mass is 15.1. The molecule has 0 aliphatic heterocycles. The van der Waals surface area contributed by atoms with Gasteiger partial charge in [-0.2, -0.15) is 0 Å². The van der Waals surface area contributed by atoms with Gasteiger partial charge in [-0.15, -0.1) is 6.58 Å². The average molecular weight is 315 g/mol. The van der Waals surface area contributed by atoms with Gasteiger partial charge in [0.1, 0.15) is 0 Å². The maximum atomic E-state index is 4.21. The first-order valence-electron chi connectivity index (χ1n) is 8.60. The smallest absolute Gasteiger partial charge is 0.0544 e. The van der Waals surface area contributed by atoms with E-state index in [0.717, 1.165) is 24.2 Å². The largest absolute Gasteiger partial charge is 0.383 e. The molecule has 128 valence electrons. The number of likely N-dealkylation sites (N-methyl/N-ethyl adjacent to an activating group) is 1. The lowest BCUT2D eigenvalue weighted by atomic mass is 9.81. The van der Waals surface area contributed by atoms with E-state index in [1.165, 1.54) is 5.70 Å². The van der Waals surface area contributed by atoms with Crippen LogP contribution in [0, 0.1) is 17.3 Å². The Balaban J connectivity index is 2.58. The monoisotopic (exact) mass is 314 g/mol. The summed E-state index contributed by atoms with van der Waals surface area (Å²) < 4.78 is 0. The summed E-state index contributed by atoms with van der Waals surface area (Å²) in [5.41, 5.74) is 3.56. The summed E-state index contributed by atoms with van der Waals surface area (Å²) in [7, 11) is 2.07. The normalized spacial score (nSPS) is 21.6. The van der Waals surface area contributed by atoms with Gasteiger partial charge in [0.2, 0.25) is 0 Å². The molecule has 2 atom stereocenters. The molecule has 0 bridgehead atoms. The molecule has 23 heavy (non-hydrogen) atoms. The Morgan fingerprint density at radius 3 is 2.52 bits per heavy atom. The van der Waals surface area contributed by atoms with Gasteiger partial charge in [0.05, 0.1) is 6.54 Å². The molecule has 2 unspecified atom stereocenters. The first kappa shape index (κ1) is 19.3. The number of allylic oxidation sites excluding steroid dienone is 4. The van der Waals surface area contributed by atoms with E-state index in [0.29, 0.717) is 17.9 Å². The topological polar surface area (TPSA) is 15.3 Å². The lowest BCUT2D eigenvalue weighted by molar-refractivity contribution is 0.399. The van der Waals surface area contributed by atoms with E-state index in [9.17, 15) is 0 Å². The predicted octanol–water partition coefficient (Wildman–Crippen LogP) is 5.25. The second-order valence-electron chi connectivity index (χ2n) is 7.18. The van der Waals surface area contributed by atoms with Crippen molar-refractivity contribution >= 4 is 0 Å². The van der Waals surface area contributed by atoms with Crippen molar-refractivity contribution in [3.63, 3.8) is 0 Å². The van der Waals surface area contributed by atoms with E-state index >= 15 is 0 Å². The minimum atomic E-state index is 0.284. The SMILES string of the molecule is C=CC(C(=C)NCC(=C)N(C)C1=CCC(C)(CC)C=C1)C(C)C. The standard InChI is InChI=1S/C21H34N2/c1-9-20(16(3)4)18(6)22-15-17(5)23(8)19-11-13-21(7,10-2)14-12-19/h9,11-13,16,20,22H,1,5-6,10,14-15H2,2-4,7-8H3. The Kier molecular flexibility index (Phi) is 6.93. The molecule has 0 amide bonds. The van der Waals surface area contributed by atoms with Gasteiger partial charge >= 0.3 is 0 Å². The van der Waals surface area contributed by atoms with E-state index in [2.05, 4.69) is 82.9 Å². The van der Waals surface area contributed by atoms with Gasteiger partial charge in [-0.25, -0.2) is 0 Å². The summed E-state index contributed by atoms with van der Waals surface area (Å²) in [6.07, 6.45) is 11.1. The Morgan fingerprint density at radius 2 is 2.09 bits per heavy atom. The van der Waals surface area contributed by atoms with Crippen molar-refractivity contribution < 1.29 is 0 Å². The average Bonchev–Trinajstić information content (AvgIpc) is 2.53. The molecule has 2 nitrogen and oxygen atoms in total. The van der Waals surface area contributed by atoms with Crippen LogP contribution >= 0.6 is 0 Å². The molecule has 0 aromatic rings. The first-order valence-corrected chi connectivity index (χ1v) is 8.60. The number of nitrogens with zero attached hydrogens (tertiary/aromatic N) is 1. The Hall–Kier alpha value is -1.70. The summed E-state index contributed by atoms with van der Waals surface area (Å²) in [5.74, 6) is 0.779. The molecule has 0 aromatic heterocycles. The highest BCUT2D eigenvalue weighted by Crippen LogP contribution is 2.33. The van der Waals surface area contributed by atoms with E-state index in [4.69, 9.17) is 0 Å². The van der Waals surface area contributed by atoms with Crippen LogP contribution in [0.4, 0.5) is 0 Å². The Bertz CT molecular complexity index is 510. The zero-order chi connectivity index (χ0) is 17.6. The molecular formula is C21H34N2. The van der Waals surface area contributed by atoms with Crippen molar-refractivity contribution in [1.82, 2.24) is 10.2 Å². The predicted molar refractivity (Wildman–Crippen MR) is 103 cm³/mol. The third kappa shape index (κ3) is 5.16. The quantitative estimate of drug-likeness (QED) is 0.584. The number of hydrogen-bond donors (Lipinski definition) is 1. The van der Waals surface area contributed by atoms with E-state index in [1.807, 2.05) is 6.08 Å². The third-order valence-corrected chi connectivity index (χ3v) is 5.00. The second kappa shape index (κ2) is 8.24. The van der Waals surface area contributed by atoms with Crippen LogP contribution in [0.1, 0.15) is 40.5 Å². The zero-order valence-corrected chi connectivity index (χ0v) is 15.7. The second-order valence-corrected chi connectivity index (χ2v) is 7.18. The molecule has 0 aromatic carbocycles. The summed E-state index contributed by atoms with van der Waals surface area (Å²) in [5, 5.41) is 3.40. The van der Waals surface area contributed by atoms with Crippen molar-refractivity contribution in [2.45, 2.75) is 40.5 Å². The molecule has 0 radical (unpaired) electrons. The Labute approximate surface area is 143 Å². The molecule has 0 saturated carbocycles. The summed E-state index contributed by atoms with van der Waals surface area (Å²) in [6.45, 7) is 21.9. The maximum Gasteiger partial charge on any atom is 0.0544 e. The van der Waals surface area contributed by atoms with Crippen LogP contribution in [0.2, 0.25) is 0 Å². The lowest BCUT2D eigenvalue weighted by Gasteiger charge is -2.31. The van der Waals surface area contributed by atoms with Crippen LogP contribution in [0.3, 0.4) is 0 Å². The van der Waals surface area contributed by atoms with Crippen molar-refractivity contribution in [1.29, 1.82) is 0 Å². The maximum absolute atomic E-state index is 4.21. The molecule has 1 aliphatic carbocycles. The summed E-state index contributed by atoms with van der Waals surface area (Å²) >= 11 is 0. The van der Waals surface area contributed by atoms with Crippen LogP contribution in [-0.2, 0) is 0 Å². The number of hydrogen-bond acceptors (Lipinski definition) is 2. The fraction of sp³-hybridized carbons (Fsp3) is 0.524. The van der Waals surface area contributed by atoms with E-state index < -0.39 is 0 Å². The van der Waals surface area contributed by atoms with E-state index in [-0.39, 0.29) is 5.92 Å². The molecular weight excluding hydrogens is 280 g/mol. The van der Waals surface area contributed by atoms with Gasteiger partial charge in [-0.05, 0) is 30.3 Å². The summed E-state index contributed by atoms with van der Waals surface area (Å²) in [6, 6.07) is 0. The molecule has 1 N–H and O–H groups in total. The molecule has 0 fully saturated rings. The Morgan fingerprint density at radius 1 is 1.43 bits per heavy atom. The molecule has 0 saturated heterocycles. The summed E-state index contributed by atoms with van der Waals surface area (Å²) in [4.78, 5) is 2.16. The fourth-order valence-corrected chi connectivity index (χ4v) is 2.72. The van der Waals surface area contributed by atoms with Crippen LogP contribution in [0.25, 0.3) is 0 Å². The van der Waals surface area contributed by atoms with Gasteiger partial charge in [0.25, 0.3) is 0 Å². The van der Waals surface area contributed by atoms with Gasteiger partial charge < -0.3 is 10.2 Å². The van der Waals surface area contributed by atoms with Crippen LogP contribution in [-0.4, -0.2) is 18.5 Å². The molecule has 2 heteroatoms. The highest BCUT2D eigenvalue weighted by Gasteiger charge is 2.21. The van der Waals surface area contributed by atoms with E-state index in [1.54, 1.807) is 0 Å². The van der Waals surface area contributed by atoms with Crippen LogP contribution < -0.4 is 5.32 Å². The van der Waals surface area contributed by atoms with Gasteiger partial charge in [-0.3, -0.25) is 0 Å².